The highest BCUT2D eigenvalue weighted by atomic mass is 31.2. The molecular formula is C24H41N5O10P2. The maximum absolute atomic E-state index is 12.7. The molecule has 0 aliphatic carbocycles. The van der Waals surface area contributed by atoms with Crippen LogP contribution in [0.3, 0.4) is 0 Å². The zero-order chi connectivity index (χ0) is 31.0. The number of carbonyl (C=O) groups excluding carboxylic acids is 1. The number of rotatable bonds is 20. The van der Waals surface area contributed by atoms with E-state index < -0.39 is 45.6 Å². The maximum Gasteiger partial charge on any atom is 0.353 e. The molecule has 1 aromatic heterocycles. The Balaban J connectivity index is 3.40. The van der Waals surface area contributed by atoms with Crippen LogP contribution in [0.4, 0.5) is 0 Å². The molecule has 1 rings (SSSR count). The molecule has 1 heterocycles. The van der Waals surface area contributed by atoms with E-state index in [4.69, 9.17) is 32.8 Å². The number of hydrogen-bond donors (Lipinski definition) is 2. The summed E-state index contributed by atoms with van der Waals surface area (Å²) in [5, 5.41) is 11.4. The fourth-order valence-corrected chi connectivity index (χ4v) is 5.77. The lowest BCUT2D eigenvalue weighted by atomic mass is 10.3. The van der Waals surface area contributed by atoms with E-state index in [1.165, 1.54) is 39.4 Å². The van der Waals surface area contributed by atoms with E-state index in [1.54, 1.807) is 0 Å². The number of carbonyl (C=O) groups is 1. The summed E-state index contributed by atoms with van der Waals surface area (Å²) < 4.78 is 49.5. The van der Waals surface area contributed by atoms with Crippen molar-refractivity contribution >= 4 is 22.0 Å². The Morgan fingerprint density at radius 1 is 1.20 bits per heavy atom. The summed E-state index contributed by atoms with van der Waals surface area (Å²) >= 11 is 0. The minimum atomic E-state index is -3.61. The summed E-state index contributed by atoms with van der Waals surface area (Å²) in [4.78, 5) is 38.1. The van der Waals surface area contributed by atoms with Crippen LogP contribution in [0.1, 0.15) is 40.3 Å². The predicted molar refractivity (Wildman–Crippen MR) is 152 cm³/mol. The number of aromatic nitrogens is 2. The molecule has 0 spiro atoms. The minimum Gasteiger partial charge on any atom is -0.367 e. The van der Waals surface area contributed by atoms with Crippen molar-refractivity contribution in [2.75, 3.05) is 47.7 Å². The molecule has 1 unspecified atom stereocenters. The van der Waals surface area contributed by atoms with Crippen molar-refractivity contribution in [3.63, 3.8) is 0 Å². The average Bonchev–Trinajstić information content (AvgIpc) is 2.92. The Hall–Kier alpha value is -2.24. The van der Waals surface area contributed by atoms with Crippen molar-refractivity contribution in [2.24, 2.45) is 0 Å². The lowest BCUT2D eigenvalue weighted by molar-refractivity contribution is -0.130. The highest BCUT2D eigenvalue weighted by molar-refractivity contribution is 7.57. The van der Waals surface area contributed by atoms with Crippen LogP contribution in [0, 0.1) is 11.3 Å². The minimum absolute atomic E-state index is 0.0332. The molecule has 15 nitrogen and oxygen atoms in total. The Labute approximate surface area is 241 Å². The van der Waals surface area contributed by atoms with E-state index in [2.05, 4.69) is 10.3 Å². The monoisotopic (exact) mass is 621 g/mol. The molecule has 1 aromatic rings. The highest BCUT2D eigenvalue weighted by Gasteiger charge is 2.29. The molecule has 41 heavy (non-hydrogen) atoms. The van der Waals surface area contributed by atoms with Crippen molar-refractivity contribution in [1.29, 1.82) is 5.26 Å². The van der Waals surface area contributed by atoms with Crippen LogP contribution in [-0.2, 0) is 36.9 Å². The van der Waals surface area contributed by atoms with Crippen molar-refractivity contribution < 1.29 is 36.9 Å². The molecular weight excluding hydrogens is 580 g/mol. The van der Waals surface area contributed by atoms with Crippen LogP contribution < -0.4 is 16.6 Å². The summed E-state index contributed by atoms with van der Waals surface area (Å²) in [5.74, 6) is 0.793. The number of aromatic amines is 1. The third-order valence-corrected chi connectivity index (χ3v) is 8.90. The maximum atomic E-state index is 12.7. The number of ether oxygens (including phenoxy) is 2. The van der Waals surface area contributed by atoms with Gasteiger partial charge >= 0.3 is 13.3 Å². The van der Waals surface area contributed by atoms with Crippen LogP contribution in [0.15, 0.2) is 33.7 Å². The summed E-state index contributed by atoms with van der Waals surface area (Å²) in [6.07, 6.45) is 0.657. The number of nitrogens with one attached hydrogen (secondary N) is 2. The second kappa shape index (κ2) is 19.0. The molecule has 3 atom stereocenters. The largest absolute Gasteiger partial charge is 0.367 e. The summed E-state index contributed by atoms with van der Waals surface area (Å²) in [5.41, 5.74) is -1.39. The number of nitrogens with zero attached hydrogens (tertiary/aromatic N) is 3. The number of nitriles is 1. The molecule has 0 aromatic carbocycles. The summed E-state index contributed by atoms with van der Waals surface area (Å²) in [7, 11) is -1.39. The normalized spacial score (nSPS) is 14.5. The first-order valence-corrected chi connectivity index (χ1v) is 15.5. The predicted octanol–water partition coefficient (Wildman–Crippen LogP) is 2.48. The fraction of sp³-hybridized carbons (Fsp3) is 0.667. The Morgan fingerprint density at radius 2 is 1.85 bits per heavy atom. The van der Waals surface area contributed by atoms with Gasteiger partial charge in [-0.1, -0.05) is 0 Å². The molecule has 0 aliphatic heterocycles. The highest BCUT2D eigenvalue weighted by Crippen LogP contribution is 2.49. The third kappa shape index (κ3) is 13.1. The first-order chi connectivity index (χ1) is 19.4. The van der Waals surface area contributed by atoms with Gasteiger partial charge in [-0.3, -0.25) is 23.7 Å². The molecule has 1 amide bonds. The summed E-state index contributed by atoms with van der Waals surface area (Å²) in [6.45, 7) is 7.34. The van der Waals surface area contributed by atoms with Gasteiger partial charge in [0.05, 0.1) is 32.3 Å². The van der Waals surface area contributed by atoms with Crippen LogP contribution >= 0.6 is 16.1 Å². The Morgan fingerprint density at radius 3 is 2.39 bits per heavy atom. The van der Waals surface area contributed by atoms with Gasteiger partial charge in [0, 0.05) is 51.4 Å². The van der Waals surface area contributed by atoms with Gasteiger partial charge in [0.15, 0.2) is 6.23 Å². The number of H-pyrrole nitrogens is 1. The van der Waals surface area contributed by atoms with Gasteiger partial charge < -0.3 is 32.9 Å². The zero-order valence-electron chi connectivity index (χ0n) is 24.5. The van der Waals surface area contributed by atoms with Crippen LogP contribution in [0.25, 0.3) is 0 Å². The standard InChI is InChI=1S/C24H41N5O10P2/c1-18(2)29(19(3)4)40(37-13-8-11-25)38-15-20(10-14-41(33,34-6)35-7)39-23(17-36-16-22(31)26-5)28-12-9-21(30)27-24(28)32/h9-10,12,14,18-20,23H,8,13,15-17H2,1-7H3,(H,26,31)(H,27,30,32)/b14-10+/t20-,23-,40?/m1/s1. The van der Waals surface area contributed by atoms with Gasteiger partial charge in [0.25, 0.3) is 14.1 Å². The van der Waals surface area contributed by atoms with E-state index >= 15 is 0 Å². The Bertz CT molecular complexity index is 1150. The SMILES string of the molecule is CNC(=O)COC[C@@H](O[C@H](/C=C/P(=O)(OC)OC)COP(OCCC#N)N(C(C)C)C(C)C)n1ccc(=O)[nH]c1=O. The first kappa shape index (κ1) is 36.8. The third-order valence-electron chi connectivity index (χ3n) is 5.27. The number of amides is 1. The molecule has 0 saturated heterocycles. The topological polar surface area (TPSA) is 183 Å². The van der Waals surface area contributed by atoms with E-state index in [-0.39, 0.29) is 44.9 Å². The van der Waals surface area contributed by atoms with E-state index in [0.29, 0.717) is 0 Å². The molecule has 0 aliphatic rings. The van der Waals surface area contributed by atoms with Crippen LogP contribution in [0.5, 0.6) is 0 Å². The first-order valence-electron chi connectivity index (χ1n) is 12.8. The van der Waals surface area contributed by atoms with E-state index in [0.717, 1.165) is 10.6 Å². The lowest BCUT2D eigenvalue weighted by Gasteiger charge is -2.36. The van der Waals surface area contributed by atoms with Crippen molar-refractivity contribution in [3.8, 4) is 6.07 Å². The van der Waals surface area contributed by atoms with Gasteiger partial charge in [0.1, 0.15) is 12.7 Å². The zero-order valence-corrected chi connectivity index (χ0v) is 26.3. The van der Waals surface area contributed by atoms with Gasteiger partial charge in [0.2, 0.25) is 5.91 Å². The lowest BCUT2D eigenvalue weighted by Crippen LogP contribution is -2.38. The average molecular weight is 622 g/mol. The number of hydrogen-bond acceptors (Lipinski definition) is 12. The van der Waals surface area contributed by atoms with E-state index in [9.17, 15) is 18.9 Å². The molecule has 0 radical (unpaired) electrons. The van der Waals surface area contributed by atoms with Crippen LogP contribution in [0.2, 0.25) is 0 Å². The second-order valence-electron chi connectivity index (χ2n) is 8.92. The van der Waals surface area contributed by atoms with Gasteiger partial charge in [-0.2, -0.15) is 5.26 Å². The smallest absolute Gasteiger partial charge is 0.353 e. The molecule has 17 heteroatoms. The Kier molecular flexibility index (Phi) is 17.1. The fourth-order valence-electron chi connectivity index (χ4n) is 3.35. The van der Waals surface area contributed by atoms with Gasteiger partial charge in [-0.05, 0) is 33.8 Å². The van der Waals surface area contributed by atoms with Crippen LogP contribution in [-0.4, -0.2) is 86.0 Å². The quantitative estimate of drug-likeness (QED) is 0.160. The van der Waals surface area contributed by atoms with Crippen molar-refractivity contribution in [2.45, 2.75) is 58.5 Å². The van der Waals surface area contributed by atoms with Gasteiger partial charge in [-0.15, -0.1) is 0 Å². The van der Waals surface area contributed by atoms with Crippen molar-refractivity contribution in [3.05, 3.63) is 45.0 Å². The second-order valence-corrected chi connectivity index (χ2v) is 12.5. The number of likely N-dealkylation sites (N-methyl/N-ethyl adjacent to an activating group) is 1. The molecule has 232 valence electrons. The van der Waals surface area contributed by atoms with Gasteiger partial charge in [-0.25, -0.2) is 9.46 Å². The summed E-state index contributed by atoms with van der Waals surface area (Å²) in [6, 6.07) is 3.24. The van der Waals surface area contributed by atoms with Crippen molar-refractivity contribution in [1.82, 2.24) is 19.5 Å². The molecule has 2 N–H and O–H groups in total. The molecule has 0 bridgehead atoms. The molecule has 0 saturated carbocycles. The van der Waals surface area contributed by atoms with E-state index in [1.807, 2.05) is 38.4 Å². The molecule has 0 fully saturated rings.